The Morgan fingerprint density at radius 1 is 1.26 bits per heavy atom. The number of nitrogens with zero attached hydrogens (tertiary/aromatic N) is 1. The van der Waals surface area contributed by atoms with E-state index in [9.17, 15) is 19.6 Å². The maximum Gasteiger partial charge on any atom is 0.244 e. The summed E-state index contributed by atoms with van der Waals surface area (Å²) in [6.45, 7) is 4.52. The van der Waals surface area contributed by atoms with E-state index in [1.54, 1.807) is 25.3 Å². The van der Waals surface area contributed by atoms with Crippen LogP contribution in [0.4, 0.5) is 0 Å². The average Bonchev–Trinajstić information content (AvgIpc) is 2.82. The molecule has 2 rings (SSSR count). The molecule has 3 atom stereocenters. The summed E-state index contributed by atoms with van der Waals surface area (Å²) in [6.07, 6.45) is 5.19. The summed E-state index contributed by atoms with van der Waals surface area (Å²) in [5.74, 6) is -0.419. The van der Waals surface area contributed by atoms with Crippen molar-refractivity contribution in [3.8, 4) is 11.8 Å². The Morgan fingerprint density at radius 2 is 1.97 bits per heavy atom. The smallest absolute Gasteiger partial charge is 0.244 e. The molecule has 34 heavy (non-hydrogen) atoms. The molecule has 1 fully saturated rings. The van der Waals surface area contributed by atoms with E-state index in [4.69, 9.17) is 17.0 Å². The van der Waals surface area contributed by atoms with Crippen LogP contribution in [0, 0.1) is 23.2 Å². The van der Waals surface area contributed by atoms with Crippen LogP contribution >= 0.6 is 12.2 Å². The molecule has 1 aromatic rings. The zero-order valence-electron chi connectivity index (χ0n) is 19.8. The molecule has 0 unspecified atom stereocenters. The number of methoxy groups -OCH3 is 1. The monoisotopic (exact) mass is 484 g/mol. The van der Waals surface area contributed by atoms with Gasteiger partial charge in [-0.1, -0.05) is 38.2 Å². The number of nitriles is 1. The van der Waals surface area contributed by atoms with E-state index in [0.29, 0.717) is 25.1 Å². The van der Waals surface area contributed by atoms with E-state index in [1.807, 2.05) is 32.0 Å². The van der Waals surface area contributed by atoms with Crippen LogP contribution in [0.15, 0.2) is 30.3 Å². The zero-order chi connectivity index (χ0) is 25.1. The highest BCUT2D eigenvalue weighted by atomic mass is 32.1. The normalized spacial score (nSPS) is 17.4. The molecule has 1 aliphatic rings. The second-order valence-electron chi connectivity index (χ2n) is 8.70. The van der Waals surface area contributed by atoms with Gasteiger partial charge in [0.15, 0.2) is 0 Å². The van der Waals surface area contributed by atoms with Crippen LogP contribution in [0.25, 0.3) is 6.08 Å². The molecule has 3 amide bonds. The van der Waals surface area contributed by atoms with Crippen molar-refractivity contribution in [2.75, 3.05) is 13.7 Å². The molecule has 8 nitrogen and oxygen atoms in total. The van der Waals surface area contributed by atoms with Gasteiger partial charge < -0.3 is 20.7 Å². The molecular weight excluding hydrogens is 452 g/mol. The number of nitrogens with one attached hydrogen (secondary N) is 3. The highest BCUT2D eigenvalue weighted by molar-refractivity contribution is 7.81. The number of benzene rings is 1. The van der Waals surface area contributed by atoms with Crippen molar-refractivity contribution in [3.05, 3.63) is 35.9 Å². The van der Waals surface area contributed by atoms with Crippen LogP contribution in [0.1, 0.15) is 45.1 Å². The topological polar surface area (TPSA) is 120 Å². The lowest BCUT2D eigenvalue weighted by atomic mass is 9.90. The number of rotatable bonds is 11. The lowest BCUT2D eigenvalue weighted by molar-refractivity contribution is -0.129. The second-order valence-corrected chi connectivity index (χ2v) is 9.14. The molecule has 9 heteroatoms. The molecule has 0 saturated carbocycles. The van der Waals surface area contributed by atoms with Crippen molar-refractivity contribution < 1.29 is 19.1 Å². The first-order valence-corrected chi connectivity index (χ1v) is 11.8. The third kappa shape index (κ3) is 8.60. The van der Waals surface area contributed by atoms with Gasteiger partial charge in [0.1, 0.15) is 22.7 Å². The summed E-state index contributed by atoms with van der Waals surface area (Å²) in [5.41, 5.74) is 0.811. The Labute approximate surface area is 206 Å². The molecule has 0 spiro atoms. The van der Waals surface area contributed by atoms with Crippen LogP contribution in [-0.4, -0.2) is 48.3 Å². The van der Waals surface area contributed by atoms with Crippen LogP contribution in [0.3, 0.4) is 0 Å². The summed E-state index contributed by atoms with van der Waals surface area (Å²) in [4.78, 5) is 37.8. The van der Waals surface area contributed by atoms with Crippen LogP contribution in [0.5, 0.6) is 5.75 Å². The molecule has 1 aromatic carbocycles. The Morgan fingerprint density at radius 3 is 2.56 bits per heavy atom. The zero-order valence-corrected chi connectivity index (χ0v) is 20.6. The third-order valence-electron chi connectivity index (χ3n) is 5.55. The highest BCUT2D eigenvalue weighted by Crippen LogP contribution is 2.19. The molecule has 1 heterocycles. The van der Waals surface area contributed by atoms with Crippen LogP contribution in [-0.2, 0) is 14.4 Å². The molecule has 1 saturated heterocycles. The lowest BCUT2D eigenvalue weighted by Crippen LogP contribution is -2.52. The number of carbonyl (C=O) groups is 3. The van der Waals surface area contributed by atoms with Crippen molar-refractivity contribution >= 4 is 40.9 Å². The second kappa shape index (κ2) is 13.5. The Balaban J connectivity index is 2.06. The maximum atomic E-state index is 13.1. The van der Waals surface area contributed by atoms with Gasteiger partial charge in [-0.15, -0.1) is 0 Å². The fourth-order valence-electron chi connectivity index (χ4n) is 3.74. The van der Waals surface area contributed by atoms with Crippen molar-refractivity contribution in [2.24, 2.45) is 11.8 Å². The molecule has 0 aliphatic carbocycles. The summed E-state index contributed by atoms with van der Waals surface area (Å²) in [5, 5.41) is 17.7. The SMILES string of the molecule is COc1ccc(/C=C/C(=O)N[C@@H](CC(C)C)C(=O)N[C@@H](C[C@@H]2CCCNC2=O)C(=S)C#N)cc1. The molecule has 1 aliphatic heterocycles. The van der Waals surface area contributed by atoms with E-state index in [0.717, 1.165) is 12.0 Å². The van der Waals surface area contributed by atoms with E-state index in [-0.39, 0.29) is 29.0 Å². The summed E-state index contributed by atoms with van der Waals surface area (Å²) < 4.78 is 5.12. The summed E-state index contributed by atoms with van der Waals surface area (Å²) in [7, 11) is 1.58. The molecule has 3 N–H and O–H groups in total. The number of thiocarbonyl (C=S) groups is 1. The van der Waals surface area contributed by atoms with Gasteiger partial charge in [-0.25, -0.2) is 0 Å². The molecule has 0 aromatic heterocycles. The first-order chi connectivity index (χ1) is 16.2. The molecule has 182 valence electrons. The van der Waals surface area contributed by atoms with E-state index >= 15 is 0 Å². The van der Waals surface area contributed by atoms with E-state index in [2.05, 4.69) is 16.0 Å². The van der Waals surface area contributed by atoms with Gasteiger partial charge in [-0.2, -0.15) is 5.26 Å². The van der Waals surface area contributed by atoms with Crippen molar-refractivity contribution in [1.29, 1.82) is 5.26 Å². The van der Waals surface area contributed by atoms with Gasteiger partial charge in [-0.3, -0.25) is 14.4 Å². The first kappa shape index (κ1) is 27.0. The first-order valence-electron chi connectivity index (χ1n) is 11.4. The molecular formula is C25H32N4O4S. The van der Waals surface area contributed by atoms with Crippen molar-refractivity contribution in [3.63, 3.8) is 0 Å². The number of ether oxygens (including phenoxy) is 1. The maximum absolute atomic E-state index is 13.1. The fourth-order valence-corrected chi connectivity index (χ4v) is 3.89. The number of amides is 3. The van der Waals surface area contributed by atoms with Gasteiger partial charge in [0.2, 0.25) is 17.7 Å². The minimum absolute atomic E-state index is 0.0146. The standard InChI is InChI=1S/C25H32N4O4S/c1-16(2)13-21(28-23(30)11-8-17-6-9-19(33-3)10-7-17)25(32)29-20(22(34)15-26)14-18-5-4-12-27-24(18)31/h6-11,16,18,20-21H,4-5,12-14H2,1-3H3,(H,27,31)(H,28,30)(H,29,32)/b11-8+/t18-,20-,21-/m0/s1. The number of piperidine rings is 1. The van der Waals surface area contributed by atoms with Gasteiger partial charge >= 0.3 is 0 Å². The fraction of sp³-hybridized carbons (Fsp3) is 0.480. The average molecular weight is 485 g/mol. The molecule has 0 bridgehead atoms. The Kier molecular flexibility index (Phi) is 10.7. The van der Waals surface area contributed by atoms with Crippen LogP contribution in [0.2, 0.25) is 0 Å². The Hall–Kier alpha value is -3.25. The molecule has 0 radical (unpaired) electrons. The van der Waals surface area contributed by atoms with Crippen molar-refractivity contribution in [2.45, 2.75) is 51.6 Å². The quantitative estimate of drug-likeness (QED) is 0.328. The van der Waals surface area contributed by atoms with Crippen molar-refractivity contribution in [1.82, 2.24) is 16.0 Å². The summed E-state index contributed by atoms with van der Waals surface area (Å²) >= 11 is 5.16. The number of hydrogen-bond donors (Lipinski definition) is 3. The minimum Gasteiger partial charge on any atom is -0.497 e. The van der Waals surface area contributed by atoms with E-state index < -0.39 is 23.9 Å². The predicted molar refractivity (Wildman–Crippen MR) is 134 cm³/mol. The van der Waals surface area contributed by atoms with Crippen LogP contribution < -0.4 is 20.7 Å². The van der Waals surface area contributed by atoms with E-state index in [1.165, 1.54) is 6.08 Å². The highest BCUT2D eigenvalue weighted by Gasteiger charge is 2.30. The van der Waals surface area contributed by atoms with Gasteiger partial charge in [-0.05, 0) is 55.4 Å². The van der Waals surface area contributed by atoms with Gasteiger partial charge in [0.25, 0.3) is 0 Å². The summed E-state index contributed by atoms with van der Waals surface area (Å²) in [6, 6.07) is 7.57. The Bertz CT molecular complexity index is 953. The third-order valence-corrected chi connectivity index (χ3v) is 5.92. The number of hydrogen-bond acceptors (Lipinski definition) is 6. The largest absolute Gasteiger partial charge is 0.497 e. The van der Waals surface area contributed by atoms with Gasteiger partial charge in [0.05, 0.1) is 13.2 Å². The minimum atomic E-state index is -0.808. The predicted octanol–water partition coefficient (Wildman–Crippen LogP) is 2.53. The van der Waals surface area contributed by atoms with Gasteiger partial charge in [0, 0.05) is 18.5 Å². The lowest BCUT2D eigenvalue weighted by Gasteiger charge is -2.27. The number of carbonyl (C=O) groups excluding carboxylic acids is 3.